The van der Waals surface area contributed by atoms with Crippen LogP contribution in [-0.2, 0) is 11.3 Å². The van der Waals surface area contributed by atoms with Gasteiger partial charge in [0.2, 0.25) is 5.91 Å². The van der Waals surface area contributed by atoms with Gasteiger partial charge in [-0.1, -0.05) is 42.5 Å². The zero-order valence-electron chi connectivity index (χ0n) is 14.1. The van der Waals surface area contributed by atoms with Crippen molar-refractivity contribution >= 4 is 5.91 Å². The fraction of sp³-hybridized carbons (Fsp3) is 0.500. The van der Waals surface area contributed by atoms with Crippen LogP contribution in [0.5, 0.6) is 0 Å². The standard InChI is InChI=1S/C18H24N4O2/c1-2-18(14-23)8-10-21(11-9-18)17(24)13-22-12-16(19-20-22)15-6-4-3-5-7-15/h3-7,12,23H,2,8-11,13-14H2,1H3. The van der Waals surface area contributed by atoms with E-state index >= 15 is 0 Å². The average molecular weight is 328 g/mol. The van der Waals surface area contributed by atoms with Crippen molar-refractivity contribution in [3.8, 4) is 11.3 Å². The highest BCUT2D eigenvalue weighted by Crippen LogP contribution is 2.34. The summed E-state index contributed by atoms with van der Waals surface area (Å²) in [4.78, 5) is 14.3. The van der Waals surface area contributed by atoms with E-state index in [1.807, 2.05) is 35.2 Å². The Balaban J connectivity index is 1.59. The van der Waals surface area contributed by atoms with Gasteiger partial charge in [0.05, 0.1) is 6.20 Å². The van der Waals surface area contributed by atoms with Gasteiger partial charge >= 0.3 is 0 Å². The van der Waals surface area contributed by atoms with Crippen LogP contribution < -0.4 is 0 Å². The number of aliphatic hydroxyl groups excluding tert-OH is 1. The van der Waals surface area contributed by atoms with Crippen molar-refractivity contribution in [2.45, 2.75) is 32.7 Å². The van der Waals surface area contributed by atoms with E-state index in [9.17, 15) is 9.90 Å². The number of aliphatic hydroxyl groups is 1. The Labute approximate surface area is 142 Å². The number of carbonyl (C=O) groups excluding carboxylic acids is 1. The number of hydrogen-bond acceptors (Lipinski definition) is 4. The Morgan fingerprint density at radius 1 is 1.25 bits per heavy atom. The van der Waals surface area contributed by atoms with E-state index in [4.69, 9.17) is 0 Å². The summed E-state index contributed by atoms with van der Waals surface area (Å²) in [5, 5.41) is 17.8. The Morgan fingerprint density at radius 3 is 2.58 bits per heavy atom. The predicted molar refractivity (Wildman–Crippen MR) is 91.1 cm³/mol. The van der Waals surface area contributed by atoms with Gasteiger partial charge in [0, 0.05) is 25.3 Å². The number of likely N-dealkylation sites (tertiary alicyclic amines) is 1. The maximum Gasteiger partial charge on any atom is 0.244 e. The lowest BCUT2D eigenvalue weighted by atomic mass is 9.77. The number of aromatic nitrogens is 3. The smallest absolute Gasteiger partial charge is 0.244 e. The third-order valence-corrected chi connectivity index (χ3v) is 5.17. The van der Waals surface area contributed by atoms with Crippen molar-refractivity contribution in [2.24, 2.45) is 5.41 Å². The van der Waals surface area contributed by atoms with Crippen LogP contribution in [0.2, 0.25) is 0 Å². The summed E-state index contributed by atoms with van der Waals surface area (Å²) >= 11 is 0. The van der Waals surface area contributed by atoms with Gasteiger partial charge in [0.15, 0.2) is 0 Å². The van der Waals surface area contributed by atoms with Gasteiger partial charge < -0.3 is 10.0 Å². The lowest BCUT2D eigenvalue weighted by molar-refractivity contribution is -0.135. The highest BCUT2D eigenvalue weighted by molar-refractivity contribution is 5.76. The molecule has 0 unspecified atom stereocenters. The number of benzene rings is 1. The molecule has 1 N–H and O–H groups in total. The van der Waals surface area contributed by atoms with Crippen LogP contribution in [0.15, 0.2) is 36.5 Å². The molecule has 1 aliphatic rings. The molecule has 1 aromatic heterocycles. The van der Waals surface area contributed by atoms with Crippen molar-refractivity contribution in [1.29, 1.82) is 0 Å². The van der Waals surface area contributed by atoms with Crippen LogP contribution in [0.1, 0.15) is 26.2 Å². The monoisotopic (exact) mass is 328 g/mol. The maximum atomic E-state index is 12.5. The second kappa shape index (κ2) is 7.13. The first-order valence-corrected chi connectivity index (χ1v) is 8.50. The van der Waals surface area contributed by atoms with Crippen LogP contribution >= 0.6 is 0 Å². The first-order chi connectivity index (χ1) is 11.7. The third kappa shape index (κ3) is 3.48. The Bertz CT molecular complexity index is 669. The molecule has 1 saturated heterocycles. The maximum absolute atomic E-state index is 12.5. The lowest BCUT2D eigenvalue weighted by Crippen LogP contribution is -2.45. The van der Waals surface area contributed by atoms with E-state index in [0.717, 1.165) is 30.5 Å². The van der Waals surface area contributed by atoms with Crippen LogP contribution in [-0.4, -0.2) is 50.6 Å². The second-order valence-corrected chi connectivity index (χ2v) is 6.56. The van der Waals surface area contributed by atoms with Crippen LogP contribution in [0.3, 0.4) is 0 Å². The number of hydrogen-bond donors (Lipinski definition) is 1. The molecule has 24 heavy (non-hydrogen) atoms. The molecule has 1 aliphatic heterocycles. The van der Waals surface area contributed by atoms with Crippen LogP contribution in [0, 0.1) is 5.41 Å². The summed E-state index contributed by atoms with van der Waals surface area (Å²) < 4.78 is 1.60. The fourth-order valence-corrected chi connectivity index (χ4v) is 3.21. The van der Waals surface area contributed by atoms with Crippen molar-refractivity contribution in [3.05, 3.63) is 36.5 Å². The van der Waals surface area contributed by atoms with Gasteiger partial charge in [-0.15, -0.1) is 5.10 Å². The topological polar surface area (TPSA) is 71.2 Å². The van der Waals surface area contributed by atoms with Crippen molar-refractivity contribution in [3.63, 3.8) is 0 Å². The molecule has 0 atom stereocenters. The SMILES string of the molecule is CCC1(CO)CCN(C(=O)Cn2cc(-c3ccccc3)nn2)CC1. The minimum Gasteiger partial charge on any atom is -0.396 e. The summed E-state index contributed by atoms with van der Waals surface area (Å²) in [5.41, 5.74) is 1.75. The summed E-state index contributed by atoms with van der Waals surface area (Å²) in [6.07, 6.45) is 4.48. The van der Waals surface area contributed by atoms with Gasteiger partial charge in [-0.2, -0.15) is 0 Å². The van der Waals surface area contributed by atoms with E-state index in [2.05, 4.69) is 17.2 Å². The normalized spacial score (nSPS) is 17.0. The highest BCUT2D eigenvalue weighted by atomic mass is 16.3. The molecule has 2 aromatic rings. The molecule has 0 radical (unpaired) electrons. The first kappa shape index (κ1) is 16.6. The molecule has 3 rings (SSSR count). The Hall–Kier alpha value is -2.21. The van der Waals surface area contributed by atoms with Crippen molar-refractivity contribution in [1.82, 2.24) is 19.9 Å². The minimum absolute atomic E-state index is 0.00941. The molecule has 1 fully saturated rings. The van der Waals surface area contributed by atoms with Crippen molar-refractivity contribution < 1.29 is 9.90 Å². The lowest BCUT2D eigenvalue weighted by Gasteiger charge is -2.40. The molecule has 0 bridgehead atoms. The highest BCUT2D eigenvalue weighted by Gasteiger charge is 2.33. The first-order valence-electron chi connectivity index (χ1n) is 8.50. The van der Waals surface area contributed by atoms with E-state index in [1.165, 1.54) is 0 Å². The van der Waals surface area contributed by atoms with Gasteiger partial charge in [-0.25, -0.2) is 4.68 Å². The van der Waals surface area contributed by atoms with Gasteiger partial charge in [0.1, 0.15) is 12.2 Å². The average Bonchev–Trinajstić information content (AvgIpc) is 3.11. The molecular formula is C18H24N4O2. The zero-order chi connectivity index (χ0) is 17.0. The number of amides is 1. The largest absolute Gasteiger partial charge is 0.396 e. The summed E-state index contributed by atoms with van der Waals surface area (Å²) in [7, 11) is 0. The molecule has 6 nitrogen and oxygen atoms in total. The fourth-order valence-electron chi connectivity index (χ4n) is 3.21. The van der Waals surface area contributed by atoms with Gasteiger partial charge in [-0.3, -0.25) is 4.79 Å². The minimum atomic E-state index is -0.00941. The summed E-state index contributed by atoms with van der Waals surface area (Å²) in [6, 6.07) is 9.80. The van der Waals surface area contributed by atoms with Crippen LogP contribution in [0.25, 0.3) is 11.3 Å². The van der Waals surface area contributed by atoms with E-state index in [1.54, 1.807) is 10.9 Å². The van der Waals surface area contributed by atoms with E-state index < -0.39 is 0 Å². The summed E-state index contributed by atoms with van der Waals surface area (Å²) in [6.45, 7) is 3.92. The Morgan fingerprint density at radius 2 is 1.96 bits per heavy atom. The number of nitrogens with zero attached hydrogens (tertiary/aromatic N) is 4. The van der Waals surface area contributed by atoms with E-state index in [0.29, 0.717) is 13.1 Å². The molecule has 128 valence electrons. The zero-order valence-corrected chi connectivity index (χ0v) is 14.1. The molecule has 1 aromatic carbocycles. The quantitative estimate of drug-likeness (QED) is 0.911. The second-order valence-electron chi connectivity index (χ2n) is 6.56. The Kier molecular flexibility index (Phi) is 4.94. The number of carbonyl (C=O) groups is 1. The molecule has 0 saturated carbocycles. The molecule has 2 heterocycles. The van der Waals surface area contributed by atoms with Crippen LogP contribution in [0.4, 0.5) is 0 Å². The molecule has 0 aliphatic carbocycles. The number of piperidine rings is 1. The molecule has 0 spiro atoms. The molecule has 1 amide bonds. The van der Waals surface area contributed by atoms with E-state index in [-0.39, 0.29) is 24.5 Å². The molecular weight excluding hydrogens is 304 g/mol. The molecule has 6 heteroatoms. The summed E-state index contributed by atoms with van der Waals surface area (Å²) in [5.74, 6) is 0.0576. The predicted octanol–water partition coefficient (Wildman–Crippen LogP) is 1.96. The van der Waals surface area contributed by atoms with Gasteiger partial charge in [0.25, 0.3) is 0 Å². The third-order valence-electron chi connectivity index (χ3n) is 5.17. The van der Waals surface area contributed by atoms with Gasteiger partial charge in [-0.05, 0) is 24.7 Å². The van der Waals surface area contributed by atoms with Crippen molar-refractivity contribution in [2.75, 3.05) is 19.7 Å². The number of rotatable bonds is 5.